The van der Waals surface area contributed by atoms with Crippen LogP contribution in [0.5, 0.6) is 0 Å². The van der Waals surface area contributed by atoms with E-state index < -0.39 is 17.0 Å². The maximum Gasteiger partial charge on any atom is 0.417 e. The molecule has 3 heterocycles. The van der Waals surface area contributed by atoms with Crippen LogP contribution in [0.15, 0.2) is 53.1 Å². The summed E-state index contributed by atoms with van der Waals surface area (Å²) in [6, 6.07) is 10.3. The Hall–Kier alpha value is -2.63. The van der Waals surface area contributed by atoms with Crippen molar-refractivity contribution in [1.29, 1.82) is 0 Å². The SMILES string of the molecule is C[C@@H](Sc1nnc2c(Cl)cc(C(F)(F)F)cn12)C(=O)Nc1nc(-c2ccccc2)cs1. The topological polar surface area (TPSA) is 72.2 Å². The molecule has 4 rings (SSSR count). The Morgan fingerprint density at radius 3 is 2.71 bits per heavy atom. The number of pyridine rings is 1. The van der Waals surface area contributed by atoms with Crippen LogP contribution in [0.3, 0.4) is 0 Å². The van der Waals surface area contributed by atoms with Crippen molar-refractivity contribution in [3.05, 3.63) is 58.6 Å². The minimum Gasteiger partial charge on any atom is -0.301 e. The number of nitrogens with one attached hydrogen (secondary N) is 1. The normalized spacial score (nSPS) is 12.8. The van der Waals surface area contributed by atoms with E-state index in [1.807, 2.05) is 35.7 Å². The Morgan fingerprint density at radius 2 is 2.00 bits per heavy atom. The molecule has 0 radical (unpaired) electrons. The van der Waals surface area contributed by atoms with Gasteiger partial charge in [-0.05, 0) is 13.0 Å². The number of rotatable bonds is 5. The van der Waals surface area contributed by atoms with Crippen molar-refractivity contribution in [3.63, 3.8) is 0 Å². The fourth-order valence-electron chi connectivity index (χ4n) is 2.66. The molecule has 4 aromatic rings. The number of carbonyl (C=O) groups is 1. The predicted molar refractivity (Wildman–Crippen MR) is 114 cm³/mol. The van der Waals surface area contributed by atoms with E-state index in [1.54, 1.807) is 6.92 Å². The summed E-state index contributed by atoms with van der Waals surface area (Å²) >= 11 is 8.17. The molecule has 1 N–H and O–H groups in total. The summed E-state index contributed by atoms with van der Waals surface area (Å²) in [5.74, 6) is -0.367. The van der Waals surface area contributed by atoms with Crippen molar-refractivity contribution in [1.82, 2.24) is 19.6 Å². The van der Waals surface area contributed by atoms with Gasteiger partial charge >= 0.3 is 6.18 Å². The molecule has 160 valence electrons. The minimum absolute atomic E-state index is 0.0807. The summed E-state index contributed by atoms with van der Waals surface area (Å²) in [5.41, 5.74) is 0.810. The number of anilines is 1. The molecule has 12 heteroatoms. The average Bonchev–Trinajstić information content (AvgIpc) is 3.35. The highest BCUT2D eigenvalue weighted by molar-refractivity contribution is 8.00. The van der Waals surface area contributed by atoms with E-state index >= 15 is 0 Å². The van der Waals surface area contributed by atoms with Crippen molar-refractivity contribution in [2.24, 2.45) is 0 Å². The largest absolute Gasteiger partial charge is 0.417 e. The quantitative estimate of drug-likeness (QED) is 0.372. The molecule has 0 saturated heterocycles. The average molecular weight is 484 g/mol. The summed E-state index contributed by atoms with van der Waals surface area (Å²) in [4.78, 5) is 17.0. The van der Waals surface area contributed by atoms with Crippen LogP contribution in [0.25, 0.3) is 16.9 Å². The van der Waals surface area contributed by atoms with Crippen LogP contribution in [0, 0.1) is 0 Å². The number of nitrogens with zero attached hydrogens (tertiary/aromatic N) is 4. The third kappa shape index (κ3) is 4.68. The molecule has 1 atom stereocenters. The van der Waals surface area contributed by atoms with E-state index in [0.29, 0.717) is 5.13 Å². The van der Waals surface area contributed by atoms with Crippen LogP contribution < -0.4 is 5.32 Å². The van der Waals surface area contributed by atoms with E-state index in [4.69, 9.17) is 11.6 Å². The molecular weight excluding hydrogens is 471 g/mol. The fourth-order valence-corrected chi connectivity index (χ4v) is 4.45. The van der Waals surface area contributed by atoms with Crippen molar-refractivity contribution < 1.29 is 18.0 Å². The lowest BCUT2D eigenvalue weighted by atomic mass is 10.2. The standard InChI is InChI=1S/C19H13ClF3N5OS2/c1-10(16(29)25-17-24-14(9-30-17)11-5-3-2-4-6-11)31-18-27-26-15-13(20)7-12(8-28(15)18)19(21,22)23/h2-10H,1H3,(H,24,25,29)/t10-/m1/s1. The third-order valence-corrected chi connectivity index (χ3v) is 6.30. The Balaban J connectivity index is 1.50. The Morgan fingerprint density at radius 1 is 1.26 bits per heavy atom. The zero-order chi connectivity index (χ0) is 22.2. The number of thiazole rings is 1. The first kappa shape index (κ1) is 21.6. The van der Waals surface area contributed by atoms with Gasteiger partial charge in [0.15, 0.2) is 15.9 Å². The molecule has 6 nitrogen and oxygen atoms in total. The molecule has 0 aliphatic heterocycles. The van der Waals surface area contributed by atoms with Crippen LogP contribution in [0.2, 0.25) is 5.02 Å². The van der Waals surface area contributed by atoms with Gasteiger partial charge in [0.2, 0.25) is 5.91 Å². The van der Waals surface area contributed by atoms with E-state index in [2.05, 4.69) is 20.5 Å². The number of hydrogen-bond acceptors (Lipinski definition) is 6. The van der Waals surface area contributed by atoms with Crippen LogP contribution in [-0.4, -0.2) is 30.7 Å². The van der Waals surface area contributed by atoms with Crippen LogP contribution in [0.1, 0.15) is 12.5 Å². The smallest absolute Gasteiger partial charge is 0.301 e. The molecule has 1 amide bonds. The molecule has 3 aromatic heterocycles. The number of aromatic nitrogens is 4. The summed E-state index contributed by atoms with van der Waals surface area (Å²) in [7, 11) is 0. The number of alkyl halides is 3. The number of thioether (sulfide) groups is 1. The zero-order valence-electron chi connectivity index (χ0n) is 15.7. The highest BCUT2D eigenvalue weighted by Crippen LogP contribution is 2.34. The summed E-state index contributed by atoms with van der Waals surface area (Å²) in [6.45, 7) is 1.61. The minimum atomic E-state index is -4.58. The molecule has 0 saturated carbocycles. The molecule has 1 aromatic carbocycles. The van der Waals surface area contributed by atoms with E-state index in [9.17, 15) is 18.0 Å². The zero-order valence-corrected chi connectivity index (χ0v) is 18.1. The highest BCUT2D eigenvalue weighted by Gasteiger charge is 2.32. The molecular formula is C19H13ClF3N5OS2. The number of fused-ring (bicyclic) bond motifs is 1. The Bertz CT molecular complexity index is 1240. The Kier molecular flexibility index (Phi) is 5.91. The van der Waals surface area contributed by atoms with E-state index in [-0.39, 0.29) is 21.7 Å². The van der Waals surface area contributed by atoms with Gasteiger partial charge in [-0.2, -0.15) is 13.2 Å². The van der Waals surface area contributed by atoms with Crippen molar-refractivity contribution >= 4 is 51.4 Å². The molecule has 0 bridgehead atoms. The third-order valence-electron chi connectivity index (χ3n) is 4.21. The number of benzene rings is 1. The van der Waals surface area contributed by atoms with Gasteiger partial charge in [-0.25, -0.2) is 4.98 Å². The number of hydrogen-bond donors (Lipinski definition) is 1. The first-order valence-electron chi connectivity index (χ1n) is 8.82. The van der Waals surface area contributed by atoms with Crippen LogP contribution in [0.4, 0.5) is 18.3 Å². The van der Waals surface area contributed by atoms with Crippen LogP contribution >= 0.6 is 34.7 Å². The maximum absolute atomic E-state index is 13.1. The second kappa shape index (κ2) is 8.48. The molecule has 0 unspecified atom stereocenters. The van der Waals surface area contributed by atoms with Gasteiger partial charge < -0.3 is 5.32 Å². The van der Waals surface area contributed by atoms with Gasteiger partial charge in [-0.3, -0.25) is 9.20 Å². The number of amides is 1. The van der Waals surface area contributed by atoms with Gasteiger partial charge in [0.05, 0.1) is 21.5 Å². The molecule has 31 heavy (non-hydrogen) atoms. The first-order valence-corrected chi connectivity index (χ1v) is 11.0. The lowest BCUT2D eigenvalue weighted by molar-refractivity contribution is -0.137. The van der Waals surface area contributed by atoms with Gasteiger partial charge in [-0.1, -0.05) is 53.7 Å². The summed E-state index contributed by atoms with van der Waals surface area (Å²) in [5, 5.41) is 11.9. The van der Waals surface area contributed by atoms with Crippen molar-refractivity contribution in [2.75, 3.05) is 5.32 Å². The second-order valence-corrected chi connectivity index (χ2v) is 8.98. The van der Waals surface area contributed by atoms with E-state index in [1.165, 1.54) is 11.3 Å². The molecule has 0 fully saturated rings. The molecule has 0 spiro atoms. The Labute approximate surface area is 187 Å². The number of halogens is 4. The second-order valence-electron chi connectivity index (χ2n) is 6.40. The van der Waals surface area contributed by atoms with Crippen LogP contribution in [-0.2, 0) is 11.0 Å². The fraction of sp³-hybridized carbons (Fsp3) is 0.158. The molecule has 0 aliphatic rings. The number of carbonyl (C=O) groups excluding carboxylic acids is 1. The van der Waals surface area contributed by atoms with Gasteiger partial charge in [0.1, 0.15) is 0 Å². The summed E-state index contributed by atoms with van der Waals surface area (Å²) in [6.07, 6.45) is -3.71. The van der Waals surface area contributed by atoms with Crippen molar-refractivity contribution in [2.45, 2.75) is 23.5 Å². The maximum atomic E-state index is 13.1. The highest BCUT2D eigenvalue weighted by atomic mass is 35.5. The lowest BCUT2D eigenvalue weighted by Crippen LogP contribution is -2.22. The van der Waals surface area contributed by atoms with Gasteiger partial charge in [0.25, 0.3) is 0 Å². The summed E-state index contributed by atoms with van der Waals surface area (Å²) < 4.78 is 40.4. The lowest BCUT2D eigenvalue weighted by Gasteiger charge is -2.11. The first-order chi connectivity index (χ1) is 14.7. The van der Waals surface area contributed by atoms with Gasteiger partial charge in [-0.15, -0.1) is 21.5 Å². The monoisotopic (exact) mass is 483 g/mol. The van der Waals surface area contributed by atoms with E-state index in [0.717, 1.165) is 39.7 Å². The van der Waals surface area contributed by atoms with Crippen molar-refractivity contribution in [3.8, 4) is 11.3 Å². The van der Waals surface area contributed by atoms with Gasteiger partial charge in [0, 0.05) is 17.1 Å². The predicted octanol–water partition coefficient (Wildman–Crippen LogP) is 5.64. The molecule has 0 aliphatic carbocycles.